The number of hydrogen-bond acceptors (Lipinski definition) is 5. The van der Waals surface area contributed by atoms with Crippen LogP contribution in [-0.4, -0.2) is 40.3 Å². The van der Waals surface area contributed by atoms with E-state index >= 15 is 0 Å². The lowest BCUT2D eigenvalue weighted by atomic mass is 10.3. The second-order valence-corrected chi connectivity index (χ2v) is 3.67. The standard InChI is InChI=1S/C10H16N4O4/c1-7-13-8(18-14-7)4-6-12-10(17)11-5-2-3-9(15)16/h2-6H2,1H3,(H,15,16)(H2,11,12,17). The second-order valence-electron chi connectivity index (χ2n) is 3.67. The number of aliphatic carboxylic acids is 1. The van der Waals surface area contributed by atoms with Crippen LogP contribution in [0.25, 0.3) is 0 Å². The number of carboxylic acid groups (broad SMARTS) is 1. The number of hydrogen-bond donors (Lipinski definition) is 3. The van der Waals surface area contributed by atoms with Gasteiger partial charge in [0, 0.05) is 25.9 Å². The first kappa shape index (κ1) is 13.9. The Kier molecular flexibility index (Phi) is 5.62. The molecule has 0 spiro atoms. The first-order valence-electron chi connectivity index (χ1n) is 5.60. The largest absolute Gasteiger partial charge is 0.481 e. The summed E-state index contributed by atoms with van der Waals surface area (Å²) in [6.07, 6.45) is 0.913. The molecule has 8 heteroatoms. The fraction of sp³-hybridized carbons (Fsp3) is 0.600. The molecule has 0 aromatic carbocycles. The molecule has 0 saturated heterocycles. The molecule has 0 saturated carbocycles. The van der Waals surface area contributed by atoms with E-state index < -0.39 is 5.97 Å². The molecule has 0 aliphatic carbocycles. The Labute approximate surface area is 104 Å². The molecule has 0 fully saturated rings. The van der Waals surface area contributed by atoms with Crippen molar-refractivity contribution < 1.29 is 19.2 Å². The molecule has 0 atom stereocenters. The van der Waals surface area contributed by atoms with Crippen LogP contribution in [0.5, 0.6) is 0 Å². The molecule has 0 aliphatic rings. The Morgan fingerprint density at radius 2 is 2.06 bits per heavy atom. The van der Waals surface area contributed by atoms with Crippen LogP contribution in [0.4, 0.5) is 4.79 Å². The number of nitrogens with one attached hydrogen (secondary N) is 2. The van der Waals surface area contributed by atoms with Gasteiger partial charge >= 0.3 is 12.0 Å². The van der Waals surface area contributed by atoms with Crippen molar-refractivity contribution in [2.24, 2.45) is 0 Å². The number of carbonyl (C=O) groups excluding carboxylic acids is 1. The van der Waals surface area contributed by atoms with Crippen LogP contribution in [-0.2, 0) is 11.2 Å². The minimum Gasteiger partial charge on any atom is -0.481 e. The van der Waals surface area contributed by atoms with Gasteiger partial charge < -0.3 is 20.3 Å². The maximum absolute atomic E-state index is 11.2. The number of nitrogens with zero attached hydrogens (tertiary/aromatic N) is 2. The van der Waals surface area contributed by atoms with E-state index in [1.807, 2.05) is 0 Å². The van der Waals surface area contributed by atoms with E-state index in [1.165, 1.54) is 0 Å². The molecule has 8 nitrogen and oxygen atoms in total. The molecule has 0 aliphatic heterocycles. The zero-order valence-electron chi connectivity index (χ0n) is 10.1. The molecule has 100 valence electrons. The summed E-state index contributed by atoms with van der Waals surface area (Å²) in [4.78, 5) is 25.5. The Bertz CT molecular complexity index is 404. The number of aromatic nitrogens is 2. The second kappa shape index (κ2) is 7.25. The van der Waals surface area contributed by atoms with E-state index in [9.17, 15) is 9.59 Å². The van der Waals surface area contributed by atoms with Crippen molar-refractivity contribution >= 4 is 12.0 Å². The SMILES string of the molecule is Cc1noc(CCNC(=O)NCCCC(=O)O)n1. The predicted molar refractivity (Wildman–Crippen MR) is 61.0 cm³/mol. The summed E-state index contributed by atoms with van der Waals surface area (Å²) >= 11 is 0. The molecule has 1 aromatic heterocycles. The first-order valence-corrected chi connectivity index (χ1v) is 5.60. The monoisotopic (exact) mass is 256 g/mol. The number of urea groups is 1. The average Bonchev–Trinajstić information content (AvgIpc) is 2.70. The zero-order valence-corrected chi connectivity index (χ0v) is 10.1. The molecule has 0 radical (unpaired) electrons. The topological polar surface area (TPSA) is 117 Å². The van der Waals surface area contributed by atoms with Crippen LogP contribution < -0.4 is 10.6 Å². The van der Waals surface area contributed by atoms with Gasteiger partial charge in [-0.05, 0) is 13.3 Å². The first-order chi connectivity index (χ1) is 8.58. The Morgan fingerprint density at radius 1 is 1.33 bits per heavy atom. The molecular formula is C10H16N4O4. The van der Waals surface area contributed by atoms with E-state index in [-0.39, 0.29) is 12.5 Å². The quantitative estimate of drug-likeness (QED) is 0.595. The fourth-order valence-electron chi connectivity index (χ4n) is 1.23. The van der Waals surface area contributed by atoms with E-state index in [1.54, 1.807) is 6.92 Å². The molecule has 2 amide bonds. The minimum absolute atomic E-state index is 0.0432. The molecule has 1 rings (SSSR count). The summed E-state index contributed by atoms with van der Waals surface area (Å²) in [5.41, 5.74) is 0. The molecular weight excluding hydrogens is 240 g/mol. The molecule has 1 heterocycles. The highest BCUT2D eigenvalue weighted by molar-refractivity contribution is 5.73. The van der Waals surface area contributed by atoms with Gasteiger partial charge in [0.25, 0.3) is 0 Å². The maximum Gasteiger partial charge on any atom is 0.314 e. The lowest BCUT2D eigenvalue weighted by Crippen LogP contribution is -2.37. The predicted octanol–water partition coefficient (Wildman–Crippen LogP) is 0.0845. The highest BCUT2D eigenvalue weighted by Crippen LogP contribution is 1.95. The third-order valence-electron chi connectivity index (χ3n) is 2.05. The number of aryl methyl sites for hydroxylation is 1. The third kappa shape index (κ3) is 5.83. The van der Waals surface area contributed by atoms with Gasteiger partial charge in [0.05, 0.1) is 0 Å². The normalized spacial score (nSPS) is 10.1. The lowest BCUT2D eigenvalue weighted by molar-refractivity contribution is -0.137. The smallest absolute Gasteiger partial charge is 0.314 e. The molecule has 0 bridgehead atoms. The van der Waals surface area contributed by atoms with Crippen LogP contribution in [0.3, 0.4) is 0 Å². The minimum atomic E-state index is -0.871. The summed E-state index contributed by atoms with van der Waals surface area (Å²) in [6.45, 7) is 2.43. The van der Waals surface area contributed by atoms with Crippen LogP contribution in [0.2, 0.25) is 0 Å². The number of carboxylic acids is 1. The van der Waals surface area contributed by atoms with Gasteiger partial charge in [0.1, 0.15) is 0 Å². The number of rotatable bonds is 7. The highest BCUT2D eigenvalue weighted by Gasteiger charge is 2.04. The molecule has 1 aromatic rings. The fourth-order valence-corrected chi connectivity index (χ4v) is 1.23. The van der Waals surface area contributed by atoms with Crippen LogP contribution in [0.15, 0.2) is 4.52 Å². The Hall–Kier alpha value is -2.12. The van der Waals surface area contributed by atoms with Crippen molar-refractivity contribution in [1.29, 1.82) is 0 Å². The van der Waals surface area contributed by atoms with Crippen molar-refractivity contribution in [1.82, 2.24) is 20.8 Å². The van der Waals surface area contributed by atoms with Gasteiger partial charge in [-0.25, -0.2) is 4.79 Å². The summed E-state index contributed by atoms with van der Waals surface area (Å²) in [6, 6.07) is -0.336. The highest BCUT2D eigenvalue weighted by atomic mass is 16.5. The van der Waals surface area contributed by atoms with Crippen LogP contribution >= 0.6 is 0 Å². The van der Waals surface area contributed by atoms with Gasteiger partial charge in [-0.1, -0.05) is 5.16 Å². The van der Waals surface area contributed by atoms with Crippen molar-refractivity contribution in [3.63, 3.8) is 0 Å². The number of amides is 2. The van der Waals surface area contributed by atoms with E-state index in [2.05, 4.69) is 20.8 Å². The Morgan fingerprint density at radius 3 is 2.67 bits per heavy atom. The van der Waals surface area contributed by atoms with E-state index in [0.717, 1.165) is 0 Å². The van der Waals surface area contributed by atoms with Crippen molar-refractivity contribution in [2.75, 3.05) is 13.1 Å². The van der Waals surface area contributed by atoms with Crippen molar-refractivity contribution in [2.45, 2.75) is 26.2 Å². The number of carbonyl (C=O) groups is 2. The van der Waals surface area contributed by atoms with Crippen LogP contribution in [0.1, 0.15) is 24.6 Å². The van der Waals surface area contributed by atoms with Crippen molar-refractivity contribution in [3.8, 4) is 0 Å². The van der Waals surface area contributed by atoms with Gasteiger partial charge in [-0.2, -0.15) is 4.98 Å². The average molecular weight is 256 g/mol. The zero-order chi connectivity index (χ0) is 13.4. The van der Waals surface area contributed by atoms with Gasteiger partial charge in [-0.15, -0.1) is 0 Å². The summed E-state index contributed by atoms with van der Waals surface area (Å²) in [5, 5.41) is 17.2. The Balaban J connectivity index is 2.05. The van der Waals surface area contributed by atoms with E-state index in [4.69, 9.17) is 9.63 Å². The van der Waals surface area contributed by atoms with Crippen LogP contribution in [0, 0.1) is 6.92 Å². The van der Waals surface area contributed by atoms with Gasteiger partial charge in [0.15, 0.2) is 5.82 Å². The maximum atomic E-state index is 11.2. The summed E-state index contributed by atoms with van der Waals surface area (Å²) in [5.74, 6) is 0.158. The summed E-state index contributed by atoms with van der Waals surface area (Å²) < 4.78 is 4.87. The molecule has 18 heavy (non-hydrogen) atoms. The van der Waals surface area contributed by atoms with E-state index in [0.29, 0.717) is 37.6 Å². The summed E-state index contributed by atoms with van der Waals surface area (Å²) in [7, 11) is 0. The molecule has 3 N–H and O–H groups in total. The van der Waals surface area contributed by atoms with Gasteiger partial charge in [0.2, 0.25) is 5.89 Å². The van der Waals surface area contributed by atoms with Gasteiger partial charge in [-0.3, -0.25) is 4.79 Å². The third-order valence-corrected chi connectivity index (χ3v) is 2.05. The van der Waals surface area contributed by atoms with Crippen molar-refractivity contribution in [3.05, 3.63) is 11.7 Å². The molecule has 0 unspecified atom stereocenters. The lowest BCUT2D eigenvalue weighted by Gasteiger charge is -2.05.